The summed E-state index contributed by atoms with van der Waals surface area (Å²) < 4.78 is 30.9. The summed E-state index contributed by atoms with van der Waals surface area (Å²) in [6, 6.07) is 21.1. The lowest BCUT2D eigenvalue weighted by molar-refractivity contribution is 0.489. The molecule has 4 aromatic rings. The van der Waals surface area contributed by atoms with Gasteiger partial charge >= 0.3 is 10.1 Å². The molecule has 0 unspecified atom stereocenters. The van der Waals surface area contributed by atoms with Crippen LogP contribution in [0.2, 0.25) is 0 Å². The van der Waals surface area contributed by atoms with Gasteiger partial charge in [-0.15, -0.1) is 0 Å². The van der Waals surface area contributed by atoms with Gasteiger partial charge in [-0.05, 0) is 49.2 Å². The fourth-order valence-corrected chi connectivity index (χ4v) is 6.54. The highest BCUT2D eigenvalue weighted by atomic mass is 32.2. The Morgan fingerprint density at radius 1 is 0.808 bits per heavy atom. The van der Waals surface area contributed by atoms with Crippen LogP contribution in [0, 0.1) is 13.8 Å². The monoisotopic (exact) mass is 383 g/mol. The van der Waals surface area contributed by atoms with Gasteiger partial charge in [0.25, 0.3) is 0 Å². The molecule has 0 N–H and O–H groups in total. The molecule has 0 aliphatic carbocycles. The minimum atomic E-state index is -3.55. The molecule has 0 spiro atoms. The molecule has 132 valence electrons. The summed E-state index contributed by atoms with van der Waals surface area (Å²) in [5.41, 5.74) is 1.67. The van der Waals surface area contributed by atoms with Gasteiger partial charge in [0.1, 0.15) is 5.75 Å². The van der Waals surface area contributed by atoms with Crippen molar-refractivity contribution < 1.29 is 12.6 Å². The Morgan fingerprint density at radius 2 is 1.27 bits per heavy atom. The Labute approximate surface area is 156 Å². The van der Waals surface area contributed by atoms with Crippen molar-refractivity contribution in [1.82, 2.24) is 0 Å². The van der Waals surface area contributed by atoms with E-state index in [2.05, 4.69) is 60.7 Å². The van der Waals surface area contributed by atoms with Crippen LogP contribution in [0.3, 0.4) is 0 Å². The van der Waals surface area contributed by atoms with Crippen LogP contribution in [0.5, 0.6) is 5.75 Å². The Hall–Kier alpha value is -2.37. The molecule has 0 bridgehead atoms. The lowest BCUT2D eigenvalue weighted by atomic mass is 10.1. The molecular weight excluding hydrogens is 364 g/mol. The number of aryl methyl sites for hydroxylation is 2. The van der Waals surface area contributed by atoms with Crippen molar-refractivity contribution in [3.8, 4) is 10.6 Å². The summed E-state index contributed by atoms with van der Waals surface area (Å²) in [7, 11) is -3.75. The Morgan fingerprint density at radius 3 is 1.73 bits per heavy atom. The highest BCUT2D eigenvalue weighted by Crippen LogP contribution is 2.49. The summed E-state index contributed by atoms with van der Waals surface area (Å²) in [6.45, 7) is 3.79. The Kier molecular flexibility index (Phi) is 4.01. The van der Waals surface area contributed by atoms with E-state index in [1.807, 2.05) is 13.8 Å². The lowest BCUT2D eigenvalue weighted by Crippen LogP contribution is -2.08. The molecule has 0 fully saturated rings. The van der Waals surface area contributed by atoms with Gasteiger partial charge in [0.15, 0.2) is 14.3 Å². The molecule has 3 aromatic carbocycles. The van der Waals surface area contributed by atoms with Crippen LogP contribution in [0.4, 0.5) is 0 Å². The molecule has 0 radical (unpaired) electrons. The number of hydrogen-bond acceptors (Lipinski definition) is 3. The SMILES string of the molecule is Cc1cc(-[s+]2c3ccccc3c3ccccc32)cc(C)c1OS(C)(=O)=O. The van der Waals surface area contributed by atoms with Crippen molar-refractivity contribution in [1.29, 1.82) is 0 Å². The van der Waals surface area contributed by atoms with Crippen LogP contribution in [-0.4, -0.2) is 14.7 Å². The maximum atomic E-state index is 11.6. The molecular formula is C21H19O3S2+. The Balaban J connectivity index is 2.01. The van der Waals surface area contributed by atoms with Crippen molar-refractivity contribution in [2.75, 3.05) is 6.26 Å². The number of fused-ring (bicyclic) bond motifs is 3. The molecule has 4 rings (SSSR count). The summed E-state index contributed by atoms with van der Waals surface area (Å²) >= 11 is 0. The predicted molar refractivity (Wildman–Crippen MR) is 110 cm³/mol. The first-order valence-electron chi connectivity index (χ1n) is 8.28. The highest BCUT2D eigenvalue weighted by Gasteiger charge is 2.25. The van der Waals surface area contributed by atoms with Crippen LogP contribution in [0.1, 0.15) is 11.1 Å². The molecule has 26 heavy (non-hydrogen) atoms. The average molecular weight is 384 g/mol. The van der Waals surface area contributed by atoms with E-state index in [0.717, 1.165) is 17.4 Å². The first-order valence-corrected chi connectivity index (χ1v) is 11.3. The molecule has 0 atom stereocenters. The topological polar surface area (TPSA) is 43.4 Å². The second-order valence-corrected chi connectivity index (χ2v) is 10.0. The van der Waals surface area contributed by atoms with Gasteiger partial charge in [-0.3, -0.25) is 0 Å². The summed E-state index contributed by atoms with van der Waals surface area (Å²) in [5, 5.41) is 2.55. The van der Waals surface area contributed by atoms with Crippen LogP contribution in [0.15, 0.2) is 60.7 Å². The van der Waals surface area contributed by atoms with Gasteiger partial charge in [-0.25, -0.2) is 0 Å². The van der Waals surface area contributed by atoms with Gasteiger partial charge < -0.3 is 4.18 Å². The van der Waals surface area contributed by atoms with Crippen LogP contribution in [-0.2, 0) is 10.1 Å². The molecule has 3 nitrogen and oxygen atoms in total. The van der Waals surface area contributed by atoms with E-state index < -0.39 is 10.1 Å². The van der Waals surface area contributed by atoms with Crippen molar-refractivity contribution >= 4 is 40.8 Å². The van der Waals surface area contributed by atoms with Gasteiger partial charge in [-0.1, -0.05) is 24.3 Å². The van der Waals surface area contributed by atoms with E-state index in [0.29, 0.717) is 5.75 Å². The van der Waals surface area contributed by atoms with Crippen molar-refractivity contribution in [2.45, 2.75) is 13.8 Å². The molecule has 5 heteroatoms. The third kappa shape index (κ3) is 2.87. The molecule has 0 amide bonds. The van der Waals surface area contributed by atoms with Gasteiger partial charge in [0, 0.05) is 33.4 Å². The maximum Gasteiger partial charge on any atom is 0.306 e. The van der Waals surface area contributed by atoms with Crippen LogP contribution >= 0.6 is 10.5 Å². The largest absolute Gasteiger partial charge is 0.382 e. The lowest BCUT2D eigenvalue weighted by Gasteiger charge is -2.10. The van der Waals surface area contributed by atoms with Crippen molar-refractivity contribution in [2.24, 2.45) is 0 Å². The average Bonchev–Trinajstić information content (AvgIpc) is 2.92. The van der Waals surface area contributed by atoms with E-state index in [9.17, 15) is 8.42 Å². The first-order chi connectivity index (χ1) is 12.3. The fraction of sp³-hybridized carbons (Fsp3) is 0.143. The van der Waals surface area contributed by atoms with Gasteiger partial charge in [0.05, 0.1) is 6.26 Å². The zero-order chi connectivity index (χ0) is 18.5. The highest BCUT2D eigenvalue weighted by molar-refractivity contribution is 7.86. The maximum absolute atomic E-state index is 11.6. The van der Waals surface area contributed by atoms with E-state index in [-0.39, 0.29) is 10.5 Å². The van der Waals surface area contributed by atoms with E-state index >= 15 is 0 Å². The second kappa shape index (κ2) is 6.11. The molecule has 1 aromatic heterocycles. The normalized spacial score (nSPS) is 12.0. The Bertz CT molecular complexity index is 1170. The molecule has 0 saturated heterocycles. The van der Waals surface area contributed by atoms with E-state index in [1.54, 1.807) is 0 Å². The smallest absolute Gasteiger partial charge is 0.306 e. The van der Waals surface area contributed by atoms with Crippen molar-refractivity contribution in [3.63, 3.8) is 0 Å². The summed E-state index contributed by atoms with van der Waals surface area (Å²) in [5.74, 6) is 0.431. The number of rotatable bonds is 3. The standard InChI is InChI=1S/C21H19O3S2/c1-14-12-16(13-15(2)21(14)24-26(3,22)23)25-19-10-6-4-8-17(19)18-9-5-7-11-20(18)25/h4-13H,1-3H3/q+1. The van der Waals surface area contributed by atoms with E-state index in [1.165, 1.54) is 25.1 Å². The molecule has 0 saturated carbocycles. The first kappa shape index (κ1) is 17.1. The second-order valence-electron chi connectivity index (χ2n) is 6.47. The molecule has 1 heterocycles. The van der Waals surface area contributed by atoms with Crippen molar-refractivity contribution in [3.05, 3.63) is 71.8 Å². The zero-order valence-corrected chi connectivity index (χ0v) is 16.4. The zero-order valence-electron chi connectivity index (χ0n) is 14.8. The quantitative estimate of drug-likeness (QED) is 0.337. The third-order valence-electron chi connectivity index (χ3n) is 4.41. The summed E-state index contributed by atoms with van der Waals surface area (Å²) in [4.78, 5) is 1.18. The van der Waals surface area contributed by atoms with Gasteiger partial charge in [-0.2, -0.15) is 8.42 Å². The van der Waals surface area contributed by atoms with Crippen LogP contribution < -0.4 is 4.18 Å². The summed E-state index contributed by atoms with van der Waals surface area (Å²) in [6.07, 6.45) is 1.07. The number of hydrogen-bond donors (Lipinski definition) is 0. The van der Waals surface area contributed by atoms with E-state index in [4.69, 9.17) is 4.18 Å². The minimum absolute atomic E-state index is 0.198. The van der Waals surface area contributed by atoms with Gasteiger partial charge in [0.2, 0.25) is 0 Å². The third-order valence-corrected chi connectivity index (χ3v) is 7.18. The minimum Gasteiger partial charge on any atom is -0.382 e. The number of thiophene rings is 1. The van der Waals surface area contributed by atoms with Crippen LogP contribution in [0.25, 0.3) is 25.1 Å². The number of benzene rings is 3. The molecule has 0 aliphatic heterocycles. The molecule has 0 aliphatic rings. The predicted octanol–water partition coefficient (Wildman–Crippen LogP) is 5.69. The fourth-order valence-electron chi connectivity index (χ4n) is 3.42.